The molecule has 0 unspecified atom stereocenters. The molecule has 0 saturated carbocycles. The molecule has 0 saturated heterocycles. The highest BCUT2D eigenvalue weighted by Gasteiger charge is 2.14. The fraction of sp³-hybridized carbons (Fsp3) is 0.278. The van der Waals surface area contributed by atoms with Gasteiger partial charge in [0.25, 0.3) is 0 Å². The monoisotopic (exact) mass is 357 g/mol. The number of carbonyl (C=O) groups excluding carboxylic acids is 1. The van der Waals surface area contributed by atoms with Crippen molar-refractivity contribution in [3.63, 3.8) is 0 Å². The maximum atomic E-state index is 12.2. The number of benzene rings is 1. The van der Waals surface area contributed by atoms with Gasteiger partial charge in [-0.3, -0.25) is 4.79 Å². The molecule has 6 nitrogen and oxygen atoms in total. The first-order valence-electron chi connectivity index (χ1n) is 7.88. The molecule has 0 N–H and O–H groups in total. The molecule has 2 heterocycles. The molecule has 3 rings (SSSR count). The number of carbonyl (C=O) groups is 1. The predicted molar refractivity (Wildman–Crippen MR) is 95.4 cm³/mol. The standard InChI is InChI=1S/C18H19N3O3S/c1-21(11-13-9-10-25-12-13)17(22)8-7-16-19-18(20-24-16)14-3-5-15(23-2)6-4-14/h3-6,9-10,12H,7-8,11H2,1-2H3. The van der Waals surface area contributed by atoms with E-state index in [1.807, 2.05) is 41.1 Å². The zero-order valence-electron chi connectivity index (χ0n) is 14.1. The Balaban J connectivity index is 1.55. The highest BCUT2D eigenvalue weighted by Crippen LogP contribution is 2.20. The van der Waals surface area contributed by atoms with E-state index in [2.05, 4.69) is 10.1 Å². The molecule has 0 radical (unpaired) electrons. The van der Waals surface area contributed by atoms with Crippen molar-refractivity contribution < 1.29 is 14.1 Å². The van der Waals surface area contributed by atoms with Crippen LogP contribution in [0.1, 0.15) is 17.9 Å². The Bertz CT molecular complexity index is 812. The molecule has 0 aliphatic heterocycles. The Labute approximate surface area is 150 Å². The summed E-state index contributed by atoms with van der Waals surface area (Å²) >= 11 is 1.63. The SMILES string of the molecule is COc1ccc(-c2noc(CCC(=O)N(C)Cc3ccsc3)n2)cc1. The van der Waals surface area contributed by atoms with Crippen molar-refractivity contribution in [1.29, 1.82) is 0 Å². The lowest BCUT2D eigenvalue weighted by Gasteiger charge is -2.15. The van der Waals surface area contributed by atoms with Gasteiger partial charge in [-0.25, -0.2) is 0 Å². The third-order valence-corrected chi connectivity index (χ3v) is 4.53. The Morgan fingerprint density at radius 1 is 1.28 bits per heavy atom. The number of methoxy groups -OCH3 is 1. The molecule has 130 valence electrons. The normalized spacial score (nSPS) is 10.6. The fourth-order valence-corrected chi connectivity index (χ4v) is 3.02. The van der Waals surface area contributed by atoms with Crippen LogP contribution >= 0.6 is 11.3 Å². The van der Waals surface area contributed by atoms with Crippen molar-refractivity contribution in [1.82, 2.24) is 15.0 Å². The summed E-state index contributed by atoms with van der Waals surface area (Å²) in [6.07, 6.45) is 0.765. The number of hydrogen-bond acceptors (Lipinski definition) is 6. The minimum Gasteiger partial charge on any atom is -0.497 e. The largest absolute Gasteiger partial charge is 0.497 e. The van der Waals surface area contributed by atoms with Crippen LogP contribution in [-0.4, -0.2) is 35.1 Å². The van der Waals surface area contributed by atoms with E-state index in [0.29, 0.717) is 31.1 Å². The first-order valence-corrected chi connectivity index (χ1v) is 8.82. The van der Waals surface area contributed by atoms with Gasteiger partial charge in [-0.15, -0.1) is 0 Å². The summed E-state index contributed by atoms with van der Waals surface area (Å²) in [5.74, 6) is 1.79. The maximum Gasteiger partial charge on any atom is 0.227 e. The van der Waals surface area contributed by atoms with Crippen LogP contribution in [0.5, 0.6) is 5.75 Å². The number of aryl methyl sites for hydroxylation is 1. The first kappa shape index (κ1) is 17.2. The molecular weight excluding hydrogens is 338 g/mol. The molecular formula is C18H19N3O3S. The lowest BCUT2D eigenvalue weighted by atomic mass is 10.2. The Hall–Kier alpha value is -2.67. The molecule has 0 fully saturated rings. The molecule has 0 bridgehead atoms. The fourth-order valence-electron chi connectivity index (χ4n) is 2.36. The van der Waals surface area contributed by atoms with Gasteiger partial charge < -0.3 is 14.2 Å². The molecule has 1 aromatic carbocycles. The van der Waals surface area contributed by atoms with Crippen molar-refractivity contribution >= 4 is 17.2 Å². The summed E-state index contributed by atoms with van der Waals surface area (Å²) in [6, 6.07) is 9.44. The zero-order valence-corrected chi connectivity index (χ0v) is 15.0. The Morgan fingerprint density at radius 2 is 2.08 bits per heavy atom. The van der Waals surface area contributed by atoms with Crippen molar-refractivity contribution in [3.8, 4) is 17.1 Å². The van der Waals surface area contributed by atoms with Crippen molar-refractivity contribution in [3.05, 3.63) is 52.5 Å². The Kier molecular flexibility index (Phi) is 5.45. The highest BCUT2D eigenvalue weighted by atomic mass is 32.1. The van der Waals surface area contributed by atoms with E-state index in [1.54, 1.807) is 30.4 Å². The van der Waals surface area contributed by atoms with E-state index in [0.717, 1.165) is 16.9 Å². The average Bonchev–Trinajstić information content (AvgIpc) is 3.31. The molecule has 2 aromatic heterocycles. The van der Waals surface area contributed by atoms with Gasteiger partial charge in [-0.2, -0.15) is 16.3 Å². The van der Waals surface area contributed by atoms with Crippen LogP contribution in [0, 0.1) is 0 Å². The second-order valence-electron chi connectivity index (χ2n) is 5.62. The van der Waals surface area contributed by atoms with Crippen LogP contribution < -0.4 is 4.74 Å². The third kappa shape index (κ3) is 4.45. The van der Waals surface area contributed by atoms with Gasteiger partial charge in [-0.05, 0) is 46.7 Å². The second-order valence-corrected chi connectivity index (χ2v) is 6.40. The molecule has 3 aromatic rings. The average molecular weight is 357 g/mol. The van der Waals surface area contributed by atoms with Crippen molar-refractivity contribution in [2.45, 2.75) is 19.4 Å². The van der Waals surface area contributed by atoms with Gasteiger partial charge in [0.05, 0.1) is 7.11 Å². The van der Waals surface area contributed by atoms with Crippen LogP contribution in [0.3, 0.4) is 0 Å². The van der Waals surface area contributed by atoms with E-state index in [-0.39, 0.29) is 5.91 Å². The summed E-state index contributed by atoms with van der Waals surface area (Å²) in [7, 11) is 3.42. The molecule has 25 heavy (non-hydrogen) atoms. The Morgan fingerprint density at radius 3 is 2.76 bits per heavy atom. The number of hydrogen-bond donors (Lipinski definition) is 0. The maximum absolute atomic E-state index is 12.2. The van der Waals surface area contributed by atoms with E-state index in [4.69, 9.17) is 9.26 Å². The van der Waals surface area contributed by atoms with Crippen LogP contribution in [0.4, 0.5) is 0 Å². The zero-order chi connectivity index (χ0) is 17.6. The molecule has 1 amide bonds. The number of aromatic nitrogens is 2. The predicted octanol–water partition coefficient (Wildman–Crippen LogP) is 3.40. The summed E-state index contributed by atoms with van der Waals surface area (Å²) in [4.78, 5) is 18.3. The van der Waals surface area contributed by atoms with Gasteiger partial charge in [-0.1, -0.05) is 5.16 Å². The molecule has 0 aliphatic rings. The summed E-state index contributed by atoms with van der Waals surface area (Å²) in [5, 5.41) is 8.03. The van der Waals surface area contributed by atoms with Crippen LogP contribution in [0.2, 0.25) is 0 Å². The second kappa shape index (κ2) is 7.94. The first-order chi connectivity index (χ1) is 12.2. The highest BCUT2D eigenvalue weighted by molar-refractivity contribution is 7.07. The van der Waals surface area contributed by atoms with Gasteiger partial charge in [0, 0.05) is 32.0 Å². The molecule has 7 heteroatoms. The molecule has 0 aliphatic carbocycles. The summed E-state index contributed by atoms with van der Waals surface area (Å²) < 4.78 is 10.4. The van der Waals surface area contributed by atoms with Gasteiger partial charge >= 0.3 is 0 Å². The van der Waals surface area contributed by atoms with E-state index >= 15 is 0 Å². The lowest BCUT2D eigenvalue weighted by Crippen LogP contribution is -2.26. The van der Waals surface area contributed by atoms with E-state index < -0.39 is 0 Å². The van der Waals surface area contributed by atoms with Crippen molar-refractivity contribution in [2.75, 3.05) is 14.2 Å². The number of ether oxygens (including phenoxy) is 1. The third-order valence-electron chi connectivity index (χ3n) is 3.79. The van der Waals surface area contributed by atoms with Crippen LogP contribution in [0.15, 0.2) is 45.6 Å². The quantitative estimate of drug-likeness (QED) is 0.648. The summed E-state index contributed by atoms with van der Waals surface area (Å²) in [6.45, 7) is 0.614. The smallest absolute Gasteiger partial charge is 0.227 e. The topological polar surface area (TPSA) is 68.5 Å². The number of thiophene rings is 1. The van der Waals surface area contributed by atoms with Gasteiger partial charge in [0.1, 0.15) is 5.75 Å². The number of nitrogens with zero attached hydrogens (tertiary/aromatic N) is 3. The van der Waals surface area contributed by atoms with E-state index in [1.165, 1.54) is 0 Å². The lowest BCUT2D eigenvalue weighted by molar-refractivity contribution is -0.130. The van der Waals surface area contributed by atoms with Crippen molar-refractivity contribution in [2.24, 2.45) is 0 Å². The molecule has 0 spiro atoms. The minimum absolute atomic E-state index is 0.0513. The number of amides is 1. The molecule has 0 atom stereocenters. The summed E-state index contributed by atoms with van der Waals surface area (Å²) in [5.41, 5.74) is 1.98. The van der Waals surface area contributed by atoms with Crippen LogP contribution in [0.25, 0.3) is 11.4 Å². The number of rotatable bonds is 7. The minimum atomic E-state index is 0.0513. The van der Waals surface area contributed by atoms with E-state index in [9.17, 15) is 4.79 Å². The van der Waals surface area contributed by atoms with Gasteiger partial charge in [0.15, 0.2) is 0 Å². The van der Waals surface area contributed by atoms with Crippen LogP contribution in [-0.2, 0) is 17.8 Å². The van der Waals surface area contributed by atoms with Gasteiger partial charge in [0.2, 0.25) is 17.6 Å².